The number of benzene rings is 1. The van der Waals surface area contributed by atoms with Gasteiger partial charge in [-0.25, -0.2) is 4.79 Å². The van der Waals surface area contributed by atoms with Crippen LogP contribution in [0.5, 0.6) is 0 Å². The first kappa shape index (κ1) is 15.8. The Balaban J connectivity index is 2.09. The molecule has 1 aromatic rings. The second kappa shape index (κ2) is 7.41. The maximum absolute atomic E-state index is 12.1. The van der Waals surface area contributed by atoms with Gasteiger partial charge in [0.25, 0.3) is 5.91 Å². The lowest BCUT2D eigenvalue weighted by Crippen LogP contribution is -2.33. The number of carbonyl (C=O) groups is 2. The van der Waals surface area contributed by atoms with Gasteiger partial charge in [-0.3, -0.25) is 4.79 Å². The van der Waals surface area contributed by atoms with Gasteiger partial charge in [0.15, 0.2) is 0 Å². The van der Waals surface area contributed by atoms with Crippen molar-refractivity contribution in [3.05, 3.63) is 41.0 Å². The molecule has 0 aromatic heterocycles. The molecule has 1 fully saturated rings. The van der Waals surface area contributed by atoms with Crippen molar-refractivity contribution in [3.8, 4) is 6.07 Å². The van der Waals surface area contributed by atoms with E-state index in [2.05, 4.69) is 10.1 Å². The Hall–Kier alpha value is -2.61. The molecule has 114 valence electrons. The van der Waals surface area contributed by atoms with E-state index < -0.39 is 5.97 Å². The first-order valence-corrected chi connectivity index (χ1v) is 7.25. The third-order valence-corrected chi connectivity index (χ3v) is 3.70. The van der Waals surface area contributed by atoms with Crippen LogP contribution in [0.15, 0.2) is 29.8 Å². The van der Waals surface area contributed by atoms with E-state index in [1.165, 1.54) is 13.2 Å². The number of esters is 1. The predicted octanol–water partition coefficient (Wildman–Crippen LogP) is 2.44. The molecule has 0 spiro atoms. The van der Waals surface area contributed by atoms with Gasteiger partial charge in [-0.2, -0.15) is 5.26 Å². The van der Waals surface area contributed by atoms with E-state index in [-0.39, 0.29) is 17.5 Å². The summed E-state index contributed by atoms with van der Waals surface area (Å²) >= 11 is 0. The highest BCUT2D eigenvalue weighted by Crippen LogP contribution is 2.18. The number of hydrogen-bond acceptors (Lipinski definition) is 4. The van der Waals surface area contributed by atoms with Crippen molar-refractivity contribution in [1.82, 2.24) is 5.32 Å². The van der Waals surface area contributed by atoms with Crippen molar-refractivity contribution in [2.75, 3.05) is 7.11 Å². The van der Waals surface area contributed by atoms with Crippen LogP contribution in [0.4, 0.5) is 0 Å². The SMILES string of the molecule is COC(=O)c1ccc(/C=C(\C#N)C(=O)NC2CCCC2)cc1. The molecule has 0 unspecified atom stereocenters. The lowest BCUT2D eigenvalue weighted by atomic mass is 10.1. The number of nitrogens with one attached hydrogen (secondary N) is 1. The fourth-order valence-electron chi connectivity index (χ4n) is 2.48. The molecule has 0 atom stereocenters. The van der Waals surface area contributed by atoms with Crippen molar-refractivity contribution < 1.29 is 14.3 Å². The van der Waals surface area contributed by atoms with E-state index in [1.807, 2.05) is 6.07 Å². The van der Waals surface area contributed by atoms with Crippen molar-refractivity contribution in [1.29, 1.82) is 5.26 Å². The summed E-state index contributed by atoms with van der Waals surface area (Å²) < 4.78 is 4.62. The number of ether oxygens (including phenoxy) is 1. The van der Waals surface area contributed by atoms with Crippen molar-refractivity contribution in [2.24, 2.45) is 0 Å². The average Bonchev–Trinajstić information content (AvgIpc) is 3.05. The summed E-state index contributed by atoms with van der Waals surface area (Å²) in [5.41, 5.74) is 1.18. The third-order valence-electron chi connectivity index (χ3n) is 3.70. The van der Waals surface area contributed by atoms with Crippen molar-refractivity contribution >= 4 is 18.0 Å². The molecule has 0 bridgehead atoms. The number of hydrogen-bond donors (Lipinski definition) is 1. The van der Waals surface area contributed by atoms with E-state index in [0.717, 1.165) is 25.7 Å². The molecule has 5 nitrogen and oxygen atoms in total. The molecule has 1 aromatic carbocycles. The summed E-state index contributed by atoms with van der Waals surface area (Å²) in [5, 5.41) is 12.0. The topological polar surface area (TPSA) is 79.2 Å². The standard InChI is InChI=1S/C17H18N2O3/c1-22-17(21)13-8-6-12(7-9-13)10-14(11-18)16(20)19-15-4-2-3-5-15/h6-10,15H,2-5H2,1H3,(H,19,20)/b14-10+. The van der Waals surface area contributed by atoms with E-state index in [4.69, 9.17) is 5.26 Å². The Kier molecular flexibility index (Phi) is 5.31. The van der Waals surface area contributed by atoms with Crippen LogP contribution in [-0.4, -0.2) is 25.0 Å². The van der Waals surface area contributed by atoms with Crippen LogP contribution in [-0.2, 0) is 9.53 Å². The van der Waals surface area contributed by atoms with Crippen LogP contribution in [0.1, 0.15) is 41.6 Å². The molecular formula is C17H18N2O3. The van der Waals surface area contributed by atoms with Gasteiger partial charge in [0, 0.05) is 6.04 Å². The summed E-state index contributed by atoms with van der Waals surface area (Å²) in [6, 6.07) is 8.65. The van der Waals surface area contributed by atoms with Gasteiger partial charge in [-0.15, -0.1) is 0 Å². The summed E-state index contributed by atoms with van der Waals surface area (Å²) in [7, 11) is 1.32. The normalized spacial score (nSPS) is 15.2. The quantitative estimate of drug-likeness (QED) is 0.526. The molecule has 2 rings (SSSR count). The minimum absolute atomic E-state index is 0.0673. The van der Waals surface area contributed by atoms with Crippen molar-refractivity contribution in [2.45, 2.75) is 31.7 Å². The number of rotatable bonds is 4. The maximum Gasteiger partial charge on any atom is 0.337 e. The smallest absolute Gasteiger partial charge is 0.337 e. The number of amides is 1. The van der Waals surface area contributed by atoms with Crippen LogP contribution < -0.4 is 5.32 Å². The lowest BCUT2D eigenvalue weighted by molar-refractivity contribution is -0.117. The zero-order chi connectivity index (χ0) is 15.9. The van der Waals surface area contributed by atoms with Gasteiger partial charge in [0.2, 0.25) is 0 Å². The molecule has 1 aliphatic rings. The highest BCUT2D eigenvalue weighted by Gasteiger charge is 2.19. The van der Waals surface area contributed by atoms with Gasteiger partial charge >= 0.3 is 5.97 Å². The maximum atomic E-state index is 12.1. The van der Waals surface area contributed by atoms with Crippen molar-refractivity contribution in [3.63, 3.8) is 0 Å². The highest BCUT2D eigenvalue weighted by molar-refractivity contribution is 6.02. The van der Waals surface area contributed by atoms with E-state index in [9.17, 15) is 9.59 Å². The van der Waals surface area contributed by atoms with Crippen LogP contribution >= 0.6 is 0 Å². The van der Waals surface area contributed by atoms with E-state index in [0.29, 0.717) is 11.1 Å². The Morgan fingerprint density at radius 3 is 2.45 bits per heavy atom. The molecule has 1 saturated carbocycles. The largest absolute Gasteiger partial charge is 0.465 e. The molecule has 22 heavy (non-hydrogen) atoms. The summed E-state index contributed by atoms with van der Waals surface area (Å²) in [5.74, 6) is -0.763. The van der Waals surface area contributed by atoms with Crippen LogP contribution in [0.25, 0.3) is 6.08 Å². The zero-order valence-electron chi connectivity index (χ0n) is 12.5. The molecule has 0 heterocycles. The van der Waals surface area contributed by atoms with Crippen LogP contribution in [0.3, 0.4) is 0 Å². The fraction of sp³-hybridized carbons (Fsp3) is 0.353. The van der Waals surface area contributed by atoms with Crippen LogP contribution in [0.2, 0.25) is 0 Å². The third kappa shape index (κ3) is 3.95. The molecule has 5 heteroatoms. The molecule has 1 N–H and O–H groups in total. The molecule has 0 aliphatic heterocycles. The lowest BCUT2D eigenvalue weighted by Gasteiger charge is -2.10. The fourth-order valence-corrected chi connectivity index (χ4v) is 2.48. The predicted molar refractivity (Wildman–Crippen MR) is 81.8 cm³/mol. The number of carbonyl (C=O) groups excluding carboxylic acids is 2. The molecule has 0 radical (unpaired) electrons. The molecule has 0 saturated heterocycles. The number of methoxy groups -OCH3 is 1. The minimum Gasteiger partial charge on any atom is -0.465 e. The zero-order valence-corrected chi connectivity index (χ0v) is 12.5. The summed E-state index contributed by atoms with van der Waals surface area (Å²) in [4.78, 5) is 23.4. The Labute approximate surface area is 129 Å². The average molecular weight is 298 g/mol. The molecule has 1 aliphatic carbocycles. The highest BCUT2D eigenvalue weighted by atomic mass is 16.5. The Bertz CT molecular complexity index is 620. The second-order valence-electron chi connectivity index (χ2n) is 5.24. The van der Waals surface area contributed by atoms with Gasteiger partial charge in [-0.1, -0.05) is 25.0 Å². The van der Waals surface area contributed by atoms with Gasteiger partial charge in [0.1, 0.15) is 11.6 Å². The first-order chi connectivity index (χ1) is 10.6. The van der Waals surface area contributed by atoms with Crippen LogP contribution in [0, 0.1) is 11.3 Å². The molecular weight excluding hydrogens is 280 g/mol. The summed E-state index contributed by atoms with van der Waals surface area (Å²) in [6.07, 6.45) is 5.69. The Morgan fingerprint density at radius 1 is 1.27 bits per heavy atom. The number of nitriles is 1. The van der Waals surface area contributed by atoms with Gasteiger partial charge < -0.3 is 10.1 Å². The van der Waals surface area contributed by atoms with Gasteiger partial charge in [-0.05, 0) is 36.6 Å². The Morgan fingerprint density at radius 2 is 1.91 bits per heavy atom. The van der Waals surface area contributed by atoms with E-state index >= 15 is 0 Å². The van der Waals surface area contributed by atoms with E-state index in [1.54, 1.807) is 24.3 Å². The van der Waals surface area contributed by atoms with Gasteiger partial charge in [0.05, 0.1) is 12.7 Å². The minimum atomic E-state index is -0.421. The summed E-state index contributed by atoms with van der Waals surface area (Å²) in [6.45, 7) is 0. The molecule has 1 amide bonds. The first-order valence-electron chi connectivity index (χ1n) is 7.25. The second-order valence-corrected chi connectivity index (χ2v) is 5.24. The number of nitrogens with zero attached hydrogens (tertiary/aromatic N) is 1. The monoisotopic (exact) mass is 298 g/mol.